The fourth-order valence-electron chi connectivity index (χ4n) is 1.38. The van der Waals surface area contributed by atoms with Gasteiger partial charge < -0.3 is 5.11 Å². The first-order valence-corrected chi connectivity index (χ1v) is 4.73. The van der Waals surface area contributed by atoms with Gasteiger partial charge in [0.1, 0.15) is 18.1 Å². The molecule has 4 nitrogen and oxygen atoms in total. The van der Waals surface area contributed by atoms with E-state index in [4.69, 9.17) is 5.26 Å². The van der Waals surface area contributed by atoms with E-state index in [9.17, 15) is 5.11 Å². The van der Waals surface area contributed by atoms with Gasteiger partial charge in [-0.3, -0.25) is 0 Å². The van der Waals surface area contributed by atoms with Gasteiger partial charge in [-0.05, 0) is 6.92 Å². The Bertz CT molecular complexity index is 555. The predicted molar refractivity (Wildman–Crippen MR) is 58.6 cm³/mol. The van der Waals surface area contributed by atoms with Gasteiger partial charge in [0.25, 0.3) is 0 Å². The number of rotatable bonds is 1. The van der Waals surface area contributed by atoms with Gasteiger partial charge >= 0.3 is 0 Å². The van der Waals surface area contributed by atoms with Gasteiger partial charge in [-0.15, -0.1) is 0 Å². The Kier molecular flexibility index (Phi) is 2.52. The zero-order valence-corrected chi connectivity index (χ0v) is 8.68. The van der Waals surface area contributed by atoms with E-state index in [-0.39, 0.29) is 11.4 Å². The number of aromatic hydroxyl groups is 1. The van der Waals surface area contributed by atoms with Gasteiger partial charge in [-0.25, -0.2) is 9.97 Å². The van der Waals surface area contributed by atoms with Crippen molar-refractivity contribution < 1.29 is 5.11 Å². The summed E-state index contributed by atoms with van der Waals surface area (Å²) in [7, 11) is 0. The van der Waals surface area contributed by atoms with Crippen molar-refractivity contribution in [1.29, 1.82) is 5.26 Å². The minimum absolute atomic E-state index is 0.00873. The normalized spacial score (nSPS) is 9.75. The molecule has 78 valence electrons. The van der Waals surface area contributed by atoms with Crippen molar-refractivity contribution in [1.82, 2.24) is 9.97 Å². The third-order valence-electron chi connectivity index (χ3n) is 2.25. The first-order chi connectivity index (χ1) is 7.72. The molecule has 0 aliphatic rings. The van der Waals surface area contributed by atoms with Crippen LogP contribution in [0.5, 0.6) is 5.75 Å². The largest absolute Gasteiger partial charge is 0.503 e. The van der Waals surface area contributed by atoms with Crippen molar-refractivity contribution in [3.8, 4) is 23.1 Å². The van der Waals surface area contributed by atoms with Crippen LogP contribution in [0.3, 0.4) is 0 Å². The molecule has 0 atom stereocenters. The molecule has 0 unspecified atom stereocenters. The average molecular weight is 211 g/mol. The lowest BCUT2D eigenvalue weighted by atomic mass is 10.1. The van der Waals surface area contributed by atoms with E-state index in [0.717, 1.165) is 11.1 Å². The molecule has 0 amide bonds. The fraction of sp³-hybridized carbons (Fsp3) is 0.0833. The lowest BCUT2D eigenvalue weighted by Gasteiger charge is -2.04. The topological polar surface area (TPSA) is 69.8 Å². The third-order valence-corrected chi connectivity index (χ3v) is 2.25. The molecule has 16 heavy (non-hydrogen) atoms. The Labute approximate surface area is 92.8 Å². The van der Waals surface area contributed by atoms with E-state index in [1.54, 1.807) is 0 Å². The number of hydrogen-bond donors (Lipinski definition) is 1. The Morgan fingerprint density at radius 2 is 1.88 bits per heavy atom. The van der Waals surface area contributed by atoms with Crippen LogP contribution in [-0.2, 0) is 0 Å². The van der Waals surface area contributed by atoms with E-state index in [0.29, 0.717) is 5.69 Å². The second kappa shape index (κ2) is 3.99. The summed E-state index contributed by atoms with van der Waals surface area (Å²) >= 11 is 0. The molecular formula is C12H9N3O. The van der Waals surface area contributed by atoms with Gasteiger partial charge in [0.15, 0.2) is 11.4 Å². The highest BCUT2D eigenvalue weighted by molar-refractivity contribution is 5.68. The smallest absolute Gasteiger partial charge is 0.186 e. The quantitative estimate of drug-likeness (QED) is 0.783. The molecule has 2 aromatic rings. The first kappa shape index (κ1) is 10.1. The standard InChI is InChI=1S/C12H9N3O/c1-8-2-4-9(5-3-8)11-12(16)10(6-13)14-7-15-11/h2-5,7,16H,1H3. The number of hydrogen-bond acceptors (Lipinski definition) is 4. The van der Waals surface area contributed by atoms with Crippen molar-refractivity contribution in [2.75, 3.05) is 0 Å². The number of aromatic nitrogens is 2. The molecule has 0 saturated carbocycles. The summed E-state index contributed by atoms with van der Waals surface area (Å²) in [6, 6.07) is 9.35. The fourth-order valence-corrected chi connectivity index (χ4v) is 1.38. The Balaban J connectivity index is 2.57. The Morgan fingerprint density at radius 1 is 1.19 bits per heavy atom. The molecular weight excluding hydrogens is 202 g/mol. The van der Waals surface area contributed by atoms with E-state index in [1.807, 2.05) is 37.3 Å². The van der Waals surface area contributed by atoms with Crippen LogP contribution in [0.25, 0.3) is 11.3 Å². The summed E-state index contributed by atoms with van der Waals surface area (Å²) in [6.45, 7) is 1.98. The van der Waals surface area contributed by atoms with Gasteiger partial charge in [-0.2, -0.15) is 5.26 Å². The summed E-state index contributed by atoms with van der Waals surface area (Å²) in [5.74, 6) is -0.172. The average Bonchev–Trinajstić information content (AvgIpc) is 2.31. The molecule has 0 aliphatic carbocycles. The van der Waals surface area contributed by atoms with Crippen molar-refractivity contribution in [3.63, 3.8) is 0 Å². The Morgan fingerprint density at radius 3 is 2.50 bits per heavy atom. The molecule has 1 heterocycles. The predicted octanol–water partition coefficient (Wildman–Crippen LogP) is 2.03. The number of nitrogens with zero attached hydrogens (tertiary/aromatic N) is 3. The van der Waals surface area contributed by atoms with Crippen molar-refractivity contribution >= 4 is 0 Å². The third kappa shape index (κ3) is 1.71. The van der Waals surface area contributed by atoms with Gasteiger partial charge in [0, 0.05) is 5.56 Å². The molecule has 0 spiro atoms. The molecule has 0 radical (unpaired) electrons. The number of aryl methyl sites for hydroxylation is 1. The highest BCUT2D eigenvalue weighted by Crippen LogP contribution is 2.28. The van der Waals surface area contributed by atoms with E-state index in [1.165, 1.54) is 6.33 Å². The molecule has 0 saturated heterocycles. The minimum Gasteiger partial charge on any atom is -0.503 e. The second-order valence-corrected chi connectivity index (χ2v) is 3.40. The van der Waals surface area contributed by atoms with Crippen LogP contribution in [0.1, 0.15) is 11.3 Å². The van der Waals surface area contributed by atoms with Crippen LogP contribution in [0, 0.1) is 18.3 Å². The Hall–Kier alpha value is -2.41. The monoisotopic (exact) mass is 211 g/mol. The minimum atomic E-state index is -0.172. The van der Waals surface area contributed by atoms with Crippen LogP contribution in [0.15, 0.2) is 30.6 Å². The van der Waals surface area contributed by atoms with E-state index in [2.05, 4.69) is 9.97 Å². The maximum Gasteiger partial charge on any atom is 0.186 e. The lowest BCUT2D eigenvalue weighted by molar-refractivity contribution is 0.470. The maximum absolute atomic E-state index is 9.76. The molecule has 1 aromatic heterocycles. The SMILES string of the molecule is Cc1ccc(-c2ncnc(C#N)c2O)cc1. The molecule has 1 aromatic carbocycles. The van der Waals surface area contributed by atoms with Crippen LogP contribution in [0.2, 0.25) is 0 Å². The van der Waals surface area contributed by atoms with Gasteiger partial charge in [0.2, 0.25) is 0 Å². The zero-order valence-electron chi connectivity index (χ0n) is 8.68. The highest BCUT2D eigenvalue weighted by Gasteiger charge is 2.10. The summed E-state index contributed by atoms with van der Waals surface area (Å²) < 4.78 is 0. The van der Waals surface area contributed by atoms with Crippen molar-refractivity contribution in [2.45, 2.75) is 6.92 Å². The van der Waals surface area contributed by atoms with Crippen LogP contribution >= 0.6 is 0 Å². The molecule has 4 heteroatoms. The number of benzene rings is 1. The van der Waals surface area contributed by atoms with Crippen LogP contribution < -0.4 is 0 Å². The summed E-state index contributed by atoms with van der Waals surface area (Å²) in [6.07, 6.45) is 1.27. The molecule has 0 fully saturated rings. The molecule has 0 aliphatic heterocycles. The van der Waals surface area contributed by atoms with Crippen LogP contribution in [0.4, 0.5) is 0 Å². The number of nitriles is 1. The summed E-state index contributed by atoms with van der Waals surface area (Å²) in [4.78, 5) is 7.65. The van der Waals surface area contributed by atoms with Crippen molar-refractivity contribution in [2.24, 2.45) is 0 Å². The summed E-state index contributed by atoms with van der Waals surface area (Å²) in [5, 5.41) is 18.5. The first-order valence-electron chi connectivity index (χ1n) is 4.73. The van der Waals surface area contributed by atoms with E-state index >= 15 is 0 Å². The van der Waals surface area contributed by atoms with E-state index < -0.39 is 0 Å². The highest BCUT2D eigenvalue weighted by atomic mass is 16.3. The second-order valence-electron chi connectivity index (χ2n) is 3.40. The zero-order chi connectivity index (χ0) is 11.5. The summed E-state index contributed by atoms with van der Waals surface area (Å²) in [5.41, 5.74) is 2.26. The van der Waals surface area contributed by atoms with Gasteiger partial charge in [-0.1, -0.05) is 29.8 Å². The van der Waals surface area contributed by atoms with Crippen LogP contribution in [-0.4, -0.2) is 15.1 Å². The molecule has 0 bridgehead atoms. The van der Waals surface area contributed by atoms with Crippen molar-refractivity contribution in [3.05, 3.63) is 41.9 Å². The molecule has 1 N–H and O–H groups in total. The molecule has 2 rings (SSSR count). The maximum atomic E-state index is 9.76. The van der Waals surface area contributed by atoms with Gasteiger partial charge in [0.05, 0.1) is 0 Å². The lowest BCUT2D eigenvalue weighted by Crippen LogP contribution is -1.91.